The van der Waals surface area contributed by atoms with E-state index < -0.39 is 43.2 Å². The SMILES string of the molecule is COc1ccccc1OCC(=O)N1N=C(C(F)F)C[C@@]1(O)C(F)F. The number of hydrogen-bond acceptors (Lipinski definition) is 5. The minimum atomic E-state index is -3.48. The Morgan fingerprint density at radius 1 is 1.33 bits per heavy atom. The second-order valence-electron chi connectivity index (χ2n) is 4.89. The summed E-state index contributed by atoms with van der Waals surface area (Å²) >= 11 is 0. The van der Waals surface area contributed by atoms with Crippen molar-refractivity contribution in [3.8, 4) is 11.5 Å². The highest BCUT2D eigenvalue weighted by Crippen LogP contribution is 2.33. The Kier molecular flexibility index (Phi) is 5.27. The minimum Gasteiger partial charge on any atom is -0.493 e. The molecule has 1 atom stereocenters. The van der Waals surface area contributed by atoms with Crippen LogP contribution in [0.2, 0.25) is 0 Å². The molecule has 0 fully saturated rings. The van der Waals surface area contributed by atoms with E-state index in [1.165, 1.54) is 19.2 Å². The summed E-state index contributed by atoms with van der Waals surface area (Å²) < 4.78 is 61.5. The summed E-state index contributed by atoms with van der Waals surface area (Å²) in [6.07, 6.45) is -7.78. The Hall–Kier alpha value is -2.36. The van der Waals surface area contributed by atoms with Crippen LogP contribution in [0.1, 0.15) is 6.42 Å². The van der Waals surface area contributed by atoms with Crippen molar-refractivity contribution in [2.45, 2.75) is 25.0 Å². The average Bonchev–Trinajstić information content (AvgIpc) is 2.92. The van der Waals surface area contributed by atoms with Gasteiger partial charge in [0.1, 0.15) is 5.71 Å². The van der Waals surface area contributed by atoms with Crippen LogP contribution in [-0.2, 0) is 4.79 Å². The lowest BCUT2D eigenvalue weighted by Crippen LogP contribution is -2.52. The van der Waals surface area contributed by atoms with Crippen molar-refractivity contribution in [3.63, 3.8) is 0 Å². The van der Waals surface area contributed by atoms with E-state index in [0.717, 1.165) is 0 Å². The molecular weight excluding hydrogens is 336 g/mol. The van der Waals surface area contributed by atoms with Gasteiger partial charge in [0.25, 0.3) is 18.8 Å². The van der Waals surface area contributed by atoms with E-state index in [1.807, 2.05) is 0 Å². The number of methoxy groups -OCH3 is 1. The van der Waals surface area contributed by atoms with Crippen LogP contribution >= 0.6 is 0 Å². The molecular formula is C14H14F4N2O4. The molecule has 0 radical (unpaired) electrons. The lowest BCUT2D eigenvalue weighted by atomic mass is 10.1. The van der Waals surface area contributed by atoms with Gasteiger partial charge in [0.15, 0.2) is 18.1 Å². The molecule has 1 heterocycles. The zero-order chi connectivity index (χ0) is 17.9. The maximum Gasteiger partial charge on any atom is 0.287 e. The quantitative estimate of drug-likeness (QED) is 0.796. The summed E-state index contributed by atoms with van der Waals surface area (Å²) in [6, 6.07) is 6.23. The van der Waals surface area contributed by atoms with Gasteiger partial charge < -0.3 is 14.6 Å². The van der Waals surface area contributed by atoms with E-state index in [0.29, 0.717) is 0 Å². The normalized spacial score (nSPS) is 20.5. The van der Waals surface area contributed by atoms with E-state index in [2.05, 4.69) is 5.10 Å². The molecule has 1 amide bonds. The number of amides is 1. The number of carbonyl (C=O) groups excluding carboxylic acids is 1. The van der Waals surface area contributed by atoms with Crippen LogP contribution < -0.4 is 9.47 Å². The van der Waals surface area contributed by atoms with Gasteiger partial charge in [-0.05, 0) is 12.1 Å². The van der Waals surface area contributed by atoms with Crippen LogP contribution in [0.25, 0.3) is 0 Å². The predicted molar refractivity (Wildman–Crippen MR) is 74.3 cm³/mol. The third-order valence-electron chi connectivity index (χ3n) is 3.29. The summed E-state index contributed by atoms with van der Waals surface area (Å²) in [7, 11) is 1.36. The first kappa shape index (κ1) is 18.0. The third-order valence-corrected chi connectivity index (χ3v) is 3.29. The van der Waals surface area contributed by atoms with Gasteiger partial charge in [-0.1, -0.05) is 12.1 Å². The van der Waals surface area contributed by atoms with Crippen molar-refractivity contribution < 1.29 is 36.9 Å². The van der Waals surface area contributed by atoms with E-state index in [1.54, 1.807) is 12.1 Å². The van der Waals surface area contributed by atoms with Gasteiger partial charge in [-0.3, -0.25) is 4.79 Å². The standard InChI is InChI=1S/C14H14F4N2O4/c1-23-9-4-2-3-5-10(9)24-7-11(21)20-14(22,13(17)18)6-8(19-20)12(15)16/h2-5,12-13,22H,6-7H2,1H3/t14-/m1/s1. The smallest absolute Gasteiger partial charge is 0.287 e. The molecule has 0 aliphatic carbocycles. The topological polar surface area (TPSA) is 71.4 Å². The number of aliphatic hydroxyl groups is 1. The Morgan fingerprint density at radius 3 is 2.50 bits per heavy atom. The highest BCUT2D eigenvalue weighted by molar-refractivity contribution is 5.93. The lowest BCUT2D eigenvalue weighted by molar-refractivity contribution is -0.193. The second kappa shape index (κ2) is 7.04. The van der Waals surface area contributed by atoms with Crippen LogP contribution in [0.5, 0.6) is 11.5 Å². The van der Waals surface area contributed by atoms with Gasteiger partial charge in [0.05, 0.1) is 7.11 Å². The van der Waals surface area contributed by atoms with Crippen molar-refractivity contribution >= 4 is 11.6 Å². The summed E-state index contributed by atoms with van der Waals surface area (Å²) in [4.78, 5) is 12.0. The maximum absolute atomic E-state index is 13.0. The molecule has 0 spiro atoms. The molecule has 10 heteroatoms. The monoisotopic (exact) mass is 350 g/mol. The van der Waals surface area contributed by atoms with Crippen molar-refractivity contribution in [2.24, 2.45) is 5.10 Å². The van der Waals surface area contributed by atoms with Gasteiger partial charge in [0.2, 0.25) is 5.72 Å². The number of halogens is 4. The molecule has 0 bridgehead atoms. The van der Waals surface area contributed by atoms with Gasteiger partial charge >= 0.3 is 0 Å². The average molecular weight is 350 g/mol. The van der Waals surface area contributed by atoms with Crippen LogP contribution in [0, 0.1) is 0 Å². The molecule has 1 aliphatic heterocycles. The lowest BCUT2D eigenvalue weighted by Gasteiger charge is -2.29. The number of rotatable bonds is 6. The van der Waals surface area contributed by atoms with E-state index >= 15 is 0 Å². The van der Waals surface area contributed by atoms with E-state index in [9.17, 15) is 27.5 Å². The Balaban J connectivity index is 2.14. The van der Waals surface area contributed by atoms with E-state index in [4.69, 9.17) is 9.47 Å². The molecule has 0 saturated heterocycles. The van der Waals surface area contributed by atoms with E-state index in [-0.39, 0.29) is 16.5 Å². The molecule has 132 valence electrons. The van der Waals surface area contributed by atoms with Gasteiger partial charge in [-0.2, -0.15) is 10.1 Å². The Labute approximate surface area is 134 Å². The van der Waals surface area contributed by atoms with Crippen LogP contribution in [0.15, 0.2) is 29.4 Å². The number of hydrogen-bond donors (Lipinski definition) is 1. The van der Waals surface area contributed by atoms with Crippen molar-refractivity contribution in [3.05, 3.63) is 24.3 Å². The predicted octanol–water partition coefficient (Wildman–Crippen LogP) is 1.88. The minimum absolute atomic E-state index is 0.0470. The van der Waals surface area contributed by atoms with Crippen LogP contribution in [0.3, 0.4) is 0 Å². The molecule has 1 aromatic carbocycles. The highest BCUT2D eigenvalue weighted by atomic mass is 19.3. The summed E-state index contributed by atoms with van der Waals surface area (Å²) in [5, 5.41) is 12.9. The number of ether oxygens (including phenoxy) is 2. The first-order chi connectivity index (χ1) is 11.3. The fraction of sp³-hybridized carbons (Fsp3) is 0.429. The van der Waals surface area contributed by atoms with Crippen LogP contribution in [0.4, 0.5) is 17.6 Å². The maximum atomic E-state index is 13.0. The number of carbonyl (C=O) groups is 1. The summed E-state index contributed by atoms with van der Waals surface area (Å²) in [5.41, 5.74) is -4.11. The first-order valence-electron chi connectivity index (χ1n) is 6.74. The van der Waals surface area contributed by atoms with Crippen molar-refractivity contribution in [1.29, 1.82) is 0 Å². The number of benzene rings is 1. The highest BCUT2D eigenvalue weighted by Gasteiger charge is 2.53. The number of alkyl halides is 4. The zero-order valence-electron chi connectivity index (χ0n) is 12.5. The molecule has 24 heavy (non-hydrogen) atoms. The molecule has 6 nitrogen and oxygen atoms in total. The van der Waals surface area contributed by atoms with Gasteiger partial charge in [0, 0.05) is 6.42 Å². The second-order valence-corrected chi connectivity index (χ2v) is 4.89. The molecule has 0 saturated carbocycles. The molecule has 0 unspecified atom stereocenters. The Bertz CT molecular complexity index is 641. The van der Waals surface area contributed by atoms with Gasteiger partial charge in [-0.25, -0.2) is 17.6 Å². The summed E-state index contributed by atoms with van der Waals surface area (Å²) in [5.74, 6) is -0.766. The zero-order valence-corrected chi connectivity index (χ0v) is 12.5. The molecule has 1 N–H and O–H groups in total. The van der Waals surface area contributed by atoms with Crippen molar-refractivity contribution in [2.75, 3.05) is 13.7 Å². The van der Waals surface area contributed by atoms with Crippen LogP contribution in [-0.4, -0.2) is 54.0 Å². The fourth-order valence-electron chi connectivity index (χ4n) is 2.09. The fourth-order valence-corrected chi connectivity index (χ4v) is 2.09. The molecule has 1 aliphatic rings. The number of para-hydroxylation sites is 2. The third kappa shape index (κ3) is 3.42. The number of hydrazone groups is 1. The molecule has 1 aromatic rings. The van der Waals surface area contributed by atoms with Gasteiger partial charge in [-0.15, -0.1) is 0 Å². The molecule has 2 rings (SSSR count). The summed E-state index contributed by atoms with van der Waals surface area (Å²) in [6.45, 7) is -0.796. The van der Waals surface area contributed by atoms with Crippen molar-refractivity contribution in [1.82, 2.24) is 5.01 Å². The number of nitrogens with zero attached hydrogens (tertiary/aromatic N) is 2. The Morgan fingerprint density at radius 2 is 1.96 bits per heavy atom. The molecule has 0 aromatic heterocycles. The largest absolute Gasteiger partial charge is 0.493 e. The first-order valence-corrected chi connectivity index (χ1v) is 6.74.